The van der Waals surface area contributed by atoms with Crippen molar-refractivity contribution in [3.63, 3.8) is 0 Å². The molecular weight excluding hydrogens is 510 g/mol. The van der Waals surface area contributed by atoms with E-state index in [1.807, 2.05) is 48.5 Å². The molecule has 40 heavy (non-hydrogen) atoms. The predicted octanol–water partition coefficient (Wildman–Crippen LogP) is 4.99. The molecule has 2 aromatic rings. The smallest absolute Gasteiger partial charge is 0.243 e. The minimum Gasteiger partial charge on any atom is -0.392 e. The molecule has 2 heterocycles. The summed E-state index contributed by atoms with van der Waals surface area (Å²) >= 11 is 0. The van der Waals surface area contributed by atoms with Crippen molar-refractivity contribution >= 4 is 17.5 Å². The van der Waals surface area contributed by atoms with Gasteiger partial charge in [0.15, 0.2) is 6.29 Å². The number of amides is 2. The number of aliphatic hydroxyl groups is 1. The first-order valence-corrected chi connectivity index (χ1v) is 14.6. The maximum absolute atomic E-state index is 12.4. The lowest BCUT2D eigenvalue weighted by Gasteiger charge is -2.39. The highest BCUT2D eigenvalue weighted by molar-refractivity contribution is 5.90. The predicted molar refractivity (Wildman–Crippen MR) is 151 cm³/mol. The van der Waals surface area contributed by atoms with E-state index >= 15 is 0 Å². The minimum atomic E-state index is -0.510. The topological polar surface area (TPSA) is 120 Å². The van der Waals surface area contributed by atoms with Crippen LogP contribution in [0.4, 0.5) is 5.69 Å². The average molecular weight is 554 g/mol. The van der Waals surface area contributed by atoms with E-state index in [-0.39, 0.29) is 30.6 Å². The van der Waals surface area contributed by atoms with Gasteiger partial charge in [-0.05, 0) is 62.0 Å². The van der Waals surface area contributed by atoms with Crippen molar-refractivity contribution in [1.29, 1.82) is 0 Å². The first-order valence-electron chi connectivity index (χ1n) is 14.6. The van der Waals surface area contributed by atoms with Crippen LogP contribution in [0.25, 0.3) is 0 Å². The highest BCUT2D eigenvalue weighted by Crippen LogP contribution is 2.38. The summed E-state index contributed by atoms with van der Waals surface area (Å²) in [5.41, 5.74) is 5.22. The molecule has 0 aromatic heterocycles. The van der Waals surface area contributed by atoms with E-state index in [0.717, 1.165) is 67.7 Å². The Morgan fingerprint density at radius 1 is 0.825 bits per heavy atom. The van der Waals surface area contributed by atoms with E-state index in [9.17, 15) is 14.7 Å². The molecule has 0 radical (unpaired) electrons. The second-order valence-corrected chi connectivity index (χ2v) is 10.8. The summed E-state index contributed by atoms with van der Waals surface area (Å²) in [7, 11) is 0. The number of piperidine rings is 1. The third-order valence-electron chi connectivity index (χ3n) is 7.67. The number of benzene rings is 2. The van der Waals surface area contributed by atoms with Gasteiger partial charge in [0.1, 0.15) is 0 Å². The number of nitrogens with zero attached hydrogens (tertiary/aromatic N) is 1. The van der Waals surface area contributed by atoms with E-state index in [0.29, 0.717) is 19.3 Å². The molecule has 9 nitrogen and oxygen atoms in total. The van der Waals surface area contributed by atoms with Gasteiger partial charge in [0.05, 0.1) is 18.8 Å². The number of carbonyl (C=O) groups excluding carboxylic acids is 2. The standard InChI is InChI=1S/C31H43N3O6/c35-22-23-10-12-24(13-11-23)28-20-27(21-34-18-6-3-7-19-34)39-31(40-28)25-14-16-26(17-15-25)32-29(36)8-4-1-2-5-9-30(37)33-38/h10-17,27-28,31,35,38H,1-9,18-22H2,(H,32,36)(H,33,37)/t27-,28+,31+/m1/s1. The van der Waals surface area contributed by atoms with Crippen LogP contribution < -0.4 is 10.8 Å². The van der Waals surface area contributed by atoms with Crippen molar-refractivity contribution in [1.82, 2.24) is 10.4 Å². The molecule has 0 bridgehead atoms. The summed E-state index contributed by atoms with van der Waals surface area (Å²) in [6.07, 6.45) is 7.77. The average Bonchev–Trinajstić information content (AvgIpc) is 2.99. The third-order valence-corrected chi connectivity index (χ3v) is 7.67. The van der Waals surface area contributed by atoms with Crippen LogP contribution in [-0.2, 0) is 25.7 Å². The van der Waals surface area contributed by atoms with E-state index in [2.05, 4.69) is 10.2 Å². The van der Waals surface area contributed by atoms with E-state index < -0.39 is 6.29 Å². The molecular formula is C31H43N3O6. The molecule has 0 unspecified atom stereocenters. The molecule has 9 heteroatoms. The van der Waals surface area contributed by atoms with Crippen LogP contribution in [0.5, 0.6) is 0 Å². The lowest BCUT2D eigenvalue weighted by molar-refractivity contribution is -0.253. The maximum atomic E-state index is 12.4. The van der Waals surface area contributed by atoms with Crippen LogP contribution in [0.1, 0.15) is 93.3 Å². The molecule has 2 saturated heterocycles. The Kier molecular flexibility index (Phi) is 11.9. The normalized spacial score (nSPS) is 21.6. The second kappa shape index (κ2) is 15.8. The van der Waals surface area contributed by atoms with Crippen LogP contribution in [0.15, 0.2) is 48.5 Å². The summed E-state index contributed by atoms with van der Waals surface area (Å²) in [4.78, 5) is 25.9. The van der Waals surface area contributed by atoms with Gasteiger partial charge >= 0.3 is 0 Å². The Morgan fingerprint density at radius 2 is 1.48 bits per heavy atom. The number of likely N-dealkylation sites (tertiary alicyclic amines) is 1. The Labute approximate surface area is 236 Å². The highest BCUT2D eigenvalue weighted by atomic mass is 16.7. The molecule has 0 aliphatic carbocycles. The van der Waals surface area contributed by atoms with Crippen LogP contribution in [-0.4, -0.2) is 52.8 Å². The summed E-state index contributed by atoms with van der Waals surface area (Å²) in [6.45, 7) is 3.12. The Hall–Kier alpha value is -2.82. The van der Waals surface area contributed by atoms with Crippen LogP contribution >= 0.6 is 0 Å². The van der Waals surface area contributed by atoms with Crippen molar-refractivity contribution < 1.29 is 29.4 Å². The molecule has 2 fully saturated rings. The van der Waals surface area contributed by atoms with Gasteiger partial charge in [0, 0.05) is 37.1 Å². The molecule has 2 aliphatic rings. The second-order valence-electron chi connectivity index (χ2n) is 10.8. The molecule has 218 valence electrons. The molecule has 2 amide bonds. The zero-order valence-corrected chi connectivity index (χ0v) is 23.2. The number of hydroxylamine groups is 1. The number of unbranched alkanes of at least 4 members (excludes halogenated alkanes) is 3. The van der Waals surface area contributed by atoms with Crippen LogP contribution in [0.3, 0.4) is 0 Å². The summed E-state index contributed by atoms with van der Waals surface area (Å²) in [6, 6.07) is 15.6. The number of carbonyl (C=O) groups is 2. The number of hydrogen-bond donors (Lipinski definition) is 4. The number of anilines is 1. The largest absolute Gasteiger partial charge is 0.392 e. The monoisotopic (exact) mass is 553 g/mol. The number of aliphatic hydroxyl groups excluding tert-OH is 1. The summed E-state index contributed by atoms with van der Waals surface area (Å²) in [5, 5.41) is 20.9. The number of rotatable bonds is 13. The van der Waals surface area contributed by atoms with Gasteiger partial charge in [0.2, 0.25) is 11.8 Å². The summed E-state index contributed by atoms with van der Waals surface area (Å²) < 4.78 is 12.9. The molecule has 2 aliphatic heterocycles. The maximum Gasteiger partial charge on any atom is 0.243 e. The highest BCUT2D eigenvalue weighted by Gasteiger charge is 2.33. The van der Waals surface area contributed by atoms with Crippen molar-refractivity contribution in [3.8, 4) is 0 Å². The lowest BCUT2D eigenvalue weighted by Crippen LogP contribution is -2.41. The SMILES string of the molecule is O=C(CCCCCCC(=O)Nc1ccc([C@H]2O[C@@H](CN3CCCCC3)C[C@@H](c3ccc(CO)cc3)O2)cc1)NO. The van der Waals surface area contributed by atoms with E-state index in [1.54, 1.807) is 5.48 Å². The third kappa shape index (κ3) is 9.38. The zero-order chi connectivity index (χ0) is 28.2. The van der Waals surface area contributed by atoms with Crippen LogP contribution in [0.2, 0.25) is 0 Å². The molecule has 4 N–H and O–H groups in total. The molecule has 0 saturated carbocycles. The quantitative estimate of drug-likeness (QED) is 0.157. The molecule has 2 aromatic carbocycles. The van der Waals surface area contributed by atoms with Crippen molar-refractivity contribution in [2.75, 3.05) is 25.0 Å². The van der Waals surface area contributed by atoms with Gasteiger partial charge in [-0.3, -0.25) is 14.8 Å². The zero-order valence-electron chi connectivity index (χ0n) is 23.2. The fourth-order valence-electron chi connectivity index (χ4n) is 5.39. The van der Waals surface area contributed by atoms with Gasteiger partial charge in [0.25, 0.3) is 0 Å². The molecule has 0 spiro atoms. The molecule has 4 rings (SSSR count). The van der Waals surface area contributed by atoms with Gasteiger partial charge in [-0.15, -0.1) is 0 Å². The van der Waals surface area contributed by atoms with E-state index in [4.69, 9.17) is 14.7 Å². The Bertz CT molecular complexity index is 1060. The fourth-order valence-corrected chi connectivity index (χ4v) is 5.39. The summed E-state index contributed by atoms with van der Waals surface area (Å²) in [5.74, 6) is -0.422. The Morgan fingerprint density at radius 3 is 2.12 bits per heavy atom. The van der Waals surface area contributed by atoms with Gasteiger partial charge in [-0.25, -0.2) is 5.48 Å². The number of nitrogens with one attached hydrogen (secondary N) is 2. The minimum absolute atomic E-state index is 0.0174. The van der Waals surface area contributed by atoms with Gasteiger partial charge in [-0.2, -0.15) is 0 Å². The van der Waals surface area contributed by atoms with Crippen molar-refractivity contribution in [2.24, 2.45) is 0 Å². The van der Waals surface area contributed by atoms with Crippen molar-refractivity contribution in [3.05, 3.63) is 65.2 Å². The van der Waals surface area contributed by atoms with Gasteiger partial charge in [-0.1, -0.05) is 55.7 Å². The number of hydrogen-bond acceptors (Lipinski definition) is 7. The fraction of sp³-hybridized carbons (Fsp3) is 0.548. The number of ether oxygens (including phenoxy) is 2. The first kappa shape index (κ1) is 30.1. The van der Waals surface area contributed by atoms with E-state index in [1.165, 1.54) is 19.3 Å². The Balaban J connectivity index is 1.32. The van der Waals surface area contributed by atoms with Gasteiger partial charge < -0.3 is 24.8 Å². The first-order chi connectivity index (χ1) is 19.5. The molecule has 3 atom stereocenters. The lowest BCUT2D eigenvalue weighted by atomic mass is 9.99. The van der Waals surface area contributed by atoms with Crippen molar-refractivity contribution in [2.45, 2.75) is 89.3 Å². The van der Waals surface area contributed by atoms with Crippen LogP contribution in [0, 0.1) is 0 Å².